The van der Waals surface area contributed by atoms with Crippen LogP contribution in [0.2, 0.25) is 4.34 Å². The average molecular weight is 353 g/mol. The molecule has 0 saturated carbocycles. The van der Waals surface area contributed by atoms with E-state index in [1.807, 2.05) is 16.8 Å². The molecular formula is C10H9ClN2O4S3. The summed E-state index contributed by atoms with van der Waals surface area (Å²) in [6, 6.07) is 2.81. The lowest BCUT2D eigenvalue weighted by atomic mass is 10.3. The molecule has 0 bridgehead atoms. The molecule has 6 nitrogen and oxygen atoms in total. The Kier molecular flexibility index (Phi) is 4.45. The zero-order valence-corrected chi connectivity index (χ0v) is 13.4. The van der Waals surface area contributed by atoms with Gasteiger partial charge in [0.05, 0.1) is 4.92 Å². The van der Waals surface area contributed by atoms with Gasteiger partial charge in [0.15, 0.2) is 4.34 Å². The van der Waals surface area contributed by atoms with E-state index >= 15 is 0 Å². The Bertz CT molecular complexity index is 724. The maximum atomic E-state index is 12.3. The summed E-state index contributed by atoms with van der Waals surface area (Å²) in [4.78, 5) is 10.0. The molecule has 2 heterocycles. The Labute approximate surface area is 128 Å². The molecule has 0 unspecified atom stereocenters. The van der Waals surface area contributed by atoms with Crippen molar-refractivity contribution < 1.29 is 13.3 Å². The topological polar surface area (TPSA) is 80.5 Å². The molecule has 0 aliphatic rings. The van der Waals surface area contributed by atoms with Gasteiger partial charge in [-0.2, -0.15) is 15.6 Å². The van der Waals surface area contributed by atoms with Crippen LogP contribution in [0.25, 0.3) is 0 Å². The molecule has 2 aromatic heterocycles. The summed E-state index contributed by atoms with van der Waals surface area (Å²) in [5, 5.41) is 14.4. The number of hydrogen-bond acceptors (Lipinski definition) is 6. The maximum Gasteiger partial charge on any atom is 0.300 e. The zero-order chi connectivity index (χ0) is 14.9. The Morgan fingerprint density at radius 3 is 2.70 bits per heavy atom. The van der Waals surface area contributed by atoms with Crippen molar-refractivity contribution in [2.45, 2.75) is 10.8 Å². The number of hydrogen-bond donors (Lipinski definition) is 0. The van der Waals surface area contributed by atoms with Crippen molar-refractivity contribution in [1.29, 1.82) is 0 Å². The van der Waals surface area contributed by atoms with Crippen molar-refractivity contribution in [2.75, 3.05) is 7.05 Å². The minimum atomic E-state index is -3.78. The largest absolute Gasteiger partial charge is 0.300 e. The van der Waals surface area contributed by atoms with Gasteiger partial charge in [-0.1, -0.05) is 11.6 Å². The van der Waals surface area contributed by atoms with Crippen LogP contribution in [0, 0.1) is 10.1 Å². The van der Waals surface area contributed by atoms with Gasteiger partial charge in [0.1, 0.15) is 4.21 Å². The molecular weight excluding hydrogens is 344 g/mol. The summed E-state index contributed by atoms with van der Waals surface area (Å²) >= 11 is 7.85. The van der Waals surface area contributed by atoms with E-state index in [0.29, 0.717) is 11.3 Å². The molecule has 0 spiro atoms. The fraction of sp³-hybridized carbons (Fsp3) is 0.200. The second-order valence-electron chi connectivity index (χ2n) is 3.87. The molecule has 108 valence electrons. The Morgan fingerprint density at radius 1 is 1.50 bits per heavy atom. The van der Waals surface area contributed by atoms with E-state index in [2.05, 4.69) is 0 Å². The summed E-state index contributed by atoms with van der Waals surface area (Å²) in [6.07, 6.45) is 0. The van der Waals surface area contributed by atoms with Gasteiger partial charge in [-0.3, -0.25) is 10.1 Å². The summed E-state index contributed by atoms with van der Waals surface area (Å²) in [5.74, 6) is 0. The SMILES string of the molecule is CN(Cc1ccsc1)S(=O)(=O)c1cc([N+](=O)[O-])c(Cl)s1. The lowest BCUT2D eigenvalue weighted by molar-refractivity contribution is -0.384. The summed E-state index contributed by atoms with van der Waals surface area (Å²) in [7, 11) is -2.36. The highest BCUT2D eigenvalue weighted by Gasteiger charge is 2.28. The highest BCUT2D eigenvalue weighted by atomic mass is 35.5. The lowest BCUT2D eigenvalue weighted by Gasteiger charge is -2.14. The Balaban J connectivity index is 2.30. The van der Waals surface area contributed by atoms with Crippen molar-refractivity contribution in [2.24, 2.45) is 0 Å². The quantitative estimate of drug-likeness (QED) is 0.611. The summed E-state index contributed by atoms with van der Waals surface area (Å²) < 4.78 is 25.5. The van der Waals surface area contributed by atoms with Gasteiger partial charge in [-0.15, -0.1) is 11.3 Å². The van der Waals surface area contributed by atoms with Crippen LogP contribution >= 0.6 is 34.3 Å². The number of thiophene rings is 2. The molecule has 0 saturated heterocycles. The van der Waals surface area contributed by atoms with E-state index in [0.717, 1.165) is 15.9 Å². The molecule has 2 rings (SSSR count). The van der Waals surface area contributed by atoms with Crippen LogP contribution in [0.5, 0.6) is 0 Å². The molecule has 0 aliphatic carbocycles. The second-order valence-corrected chi connectivity index (χ2v) is 8.58. The molecule has 0 amide bonds. The van der Waals surface area contributed by atoms with Gasteiger partial charge in [0, 0.05) is 19.7 Å². The number of nitro groups is 1. The lowest BCUT2D eigenvalue weighted by Crippen LogP contribution is -2.25. The van der Waals surface area contributed by atoms with Crippen molar-refractivity contribution in [1.82, 2.24) is 4.31 Å². The van der Waals surface area contributed by atoms with Gasteiger partial charge in [0.25, 0.3) is 15.7 Å². The van der Waals surface area contributed by atoms with Crippen LogP contribution in [0.15, 0.2) is 27.1 Å². The highest BCUT2D eigenvalue weighted by molar-refractivity contribution is 7.91. The van der Waals surface area contributed by atoms with Gasteiger partial charge in [0.2, 0.25) is 0 Å². The van der Waals surface area contributed by atoms with E-state index in [1.165, 1.54) is 18.4 Å². The van der Waals surface area contributed by atoms with Crippen molar-refractivity contribution >= 4 is 50.0 Å². The minimum Gasteiger partial charge on any atom is -0.258 e. The molecule has 0 fully saturated rings. The van der Waals surface area contributed by atoms with Crippen LogP contribution in [-0.2, 0) is 16.6 Å². The normalized spacial score (nSPS) is 11.9. The third-order valence-electron chi connectivity index (χ3n) is 2.49. The third-order valence-corrected chi connectivity index (χ3v) is 6.82. The van der Waals surface area contributed by atoms with Gasteiger partial charge in [-0.25, -0.2) is 8.42 Å². The van der Waals surface area contributed by atoms with Crippen LogP contribution in [0.4, 0.5) is 5.69 Å². The van der Waals surface area contributed by atoms with Crippen molar-refractivity contribution in [3.63, 3.8) is 0 Å². The number of rotatable bonds is 5. The van der Waals surface area contributed by atoms with Crippen LogP contribution in [0.1, 0.15) is 5.56 Å². The molecule has 0 N–H and O–H groups in total. The number of sulfonamides is 1. The minimum absolute atomic E-state index is 0.132. The molecule has 0 aromatic carbocycles. The fourth-order valence-corrected chi connectivity index (χ4v) is 5.16. The smallest absolute Gasteiger partial charge is 0.258 e. The van der Waals surface area contributed by atoms with Gasteiger partial charge < -0.3 is 0 Å². The first-order chi connectivity index (χ1) is 9.32. The first-order valence-electron chi connectivity index (χ1n) is 5.23. The summed E-state index contributed by atoms with van der Waals surface area (Å²) in [6.45, 7) is 0.204. The molecule has 10 heteroatoms. The second kappa shape index (κ2) is 5.78. The average Bonchev–Trinajstić information content (AvgIpc) is 2.98. The van der Waals surface area contributed by atoms with Crippen molar-refractivity contribution in [3.05, 3.63) is 42.9 Å². The molecule has 0 atom stereocenters. The first kappa shape index (κ1) is 15.4. The summed E-state index contributed by atoms with van der Waals surface area (Å²) in [5.41, 5.74) is 0.470. The molecule has 0 aliphatic heterocycles. The number of nitrogens with zero attached hydrogens (tertiary/aromatic N) is 2. The van der Waals surface area contributed by atoms with Crippen LogP contribution < -0.4 is 0 Å². The third kappa shape index (κ3) is 3.01. The van der Waals surface area contributed by atoms with Gasteiger partial charge >= 0.3 is 0 Å². The van der Waals surface area contributed by atoms with E-state index in [-0.39, 0.29) is 20.8 Å². The molecule has 0 radical (unpaired) electrons. The van der Waals surface area contributed by atoms with E-state index in [1.54, 1.807) is 0 Å². The van der Waals surface area contributed by atoms with Crippen LogP contribution in [0.3, 0.4) is 0 Å². The van der Waals surface area contributed by atoms with E-state index in [4.69, 9.17) is 11.6 Å². The zero-order valence-electron chi connectivity index (χ0n) is 10.1. The van der Waals surface area contributed by atoms with Crippen molar-refractivity contribution in [3.8, 4) is 0 Å². The predicted molar refractivity (Wildman–Crippen MR) is 79.0 cm³/mol. The van der Waals surface area contributed by atoms with E-state index < -0.39 is 14.9 Å². The Hall–Kier alpha value is -1.00. The maximum absolute atomic E-state index is 12.3. The predicted octanol–water partition coefficient (Wildman–Crippen LogP) is 3.19. The van der Waals surface area contributed by atoms with Crippen LogP contribution in [-0.4, -0.2) is 24.7 Å². The molecule has 20 heavy (non-hydrogen) atoms. The standard InChI is InChI=1S/C10H9ClN2O4S3/c1-12(5-7-2-3-18-6-7)20(16,17)9-4-8(13(14)15)10(11)19-9/h2-4,6H,5H2,1H3. The first-order valence-corrected chi connectivity index (χ1v) is 8.81. The fourth-order valence-electron chi connectivity index (χ4n) is 1.47. The Morgan fingerprint density at radius 2 is 2.20 bits per heavy atom. The van der Waals surface area contributed by atoms with Gasteiger partial charge in [-0.05, 0) is 22.4 Å². The monoisotopic (exact) mass is 352 g/mol. The number of halogens is 1. The highest BCUT2D eigenvalue weighted by Crippen LogP contribution is 2.37. The molecule has 2 aromatic rings. The van der Waals surface area contributed by atoms with E-state index in [9.17, 15) is 18.5 Å².